The van der Waals surface area contributed by atoms with Gasteiger partial charge >= 0.3 is 5.97 Å². The molecule has 3 aliphatic carbocycles. The van der Waals surface area contributed by atoms with Crippen LogP contribution in [-0.4, -0.2) is 54.4 Å². The van der Waals surface area contributed by atoms with E-state index in [-0.39, 0.29) is 48.8 Å². The molecule has 1 aliphatic heterocycles. The molecule has 1 heterocycles. The third-order valence-corrected chi connectivity index (χ3v) is 7.96. The SMILES string of the molecule is COc1c2c(cc(F)c1N1C[C@]3(N)CCC[C@]3(F)C1)C(=O)C(C(=O)O)=CCCC2[C@@H]1C[C@@H]1F. The van der Waals surface area contributed by atoms with Crippen molar-refractivity contribution in [2.45, 2.75) is 61.8 Å². The van der Waals surface area contributed by atoms with Gasteiger partial charge in [0.15, 0.2) is 5.82 Å². The molecule has 0 amide bonds. The molecule has 0 radical (unpaired) electrons. The average Bonchev–Trinajstić information content (AvgIpc) is 3.30. The number of fused-ring (bicyclic) bond motifs is 2. The van der Waals surface area contributed by atoms with Crippen LogP contribution in [0, 0.1) is 11.7 Å². The minimum Gasteiger partial charge on any atom is -0.494 e. The number of carboxylic acid groups (broad SMARTS) is 1. The minimum absolute atomic E-state index is 0.00258. The number of nitrogens with two attached hydrogens (primary N) is 1. The third-order valence-electron chi connectivity index (χ3n) is 7.96. The van der Waals surface area contributed by atoms with Crippen LogP contribution in [0.3, 0.4) is 0 Å². The summed E-state index contributed by atoms with van der Waals surface area (Å²) in [5.41, 5.74) is 3.33. The molecular weight excluding hydrogens is 437 g/mol. The van der Waals surface area contributed by atoms with Gasteiger partial charge in [0, 0.05) is 17.7 Å². The van der Waals surface area contributed by atoms with Gasteiger partial charge in [-0.3, -0.25) is 4.79 Å². The Bertz CT molecular complexity index is 1060. The summed E-state index contributed by atoms with van der Waals surface area (Å²) in [6.07, 6.45) is 2.66. The van der Waals surface area contributed by atoms with Gasteiger partial charge in [-0.15, -0.1) is 0 Å². The molecule has 5 atom stereocenters. The molecule has 3 fully saturated rings. The van der Waals surface area contributed by atoms with E-state index in [1.165, 1.54) is 18.1 Å². The highest BCUT2D eigenvalue weighted by Gasteiger charge is 2.60. The highest BCUT2D eigenvalue weighted by atomic mass is 19.1. The number of rotatable bonds is 4. The molecule has 1 aromatic carbocycles. The van der Waals surface area contributed by atoms with Crippen LogP contribution in [0.25, 0.3) is 0 Å². The number of anilines is 1. The summed E-state index contributed by atoms with van der Waals surface area (Å²) < 4.78 is 51.0. The van der Waals surface area contributed by atoms with Crippen LogP contribution >= 0.6 is 0 Å². The van der Waals surface area contributed by atoms with Crippen LogP contribution < -0.4 is 15.4 Å². The number of allylic oxidation sites excluding steroid dienone is 1. The van der Waals surface area contributed by atoms with Crippen molar-refractivity contribution in [2.24, 2.45) is 11.7 Å². The number of hydrogen-bond acceptors (Lipinski definition) is 5. The van der Waals surface area contributed by atoms with E-state index in [1.54, 1.807) is 0 Å². The van der Waals surface area contributed by atoms with Gasteiger partial charge in [0.05, 0.1) is 19.2 Å². The first-order valence-corrected chi connectivity index (χ1v) is 11.4. The van der Waals surface area contributed by atoms with Gasteiger partial charge in [-0.25, -0.2) is 18.0 Å². The molecular formula is C24H27F3N2O4. The van der Waals surface area contributed by atoms with Gasteiger partial charge < -0.3 is 20.5 Å². The Morgan fingerprint density at radius 2 is 2.06 bits per heavy atom. The molecule has 0 spiro atoms. The number of ether oxygens (including phenoxy) is 1. The molecule has 1 aromatic rings. The van der Waals surface area contributed by atoms with Crippen molar-refractivity contribution in [1.82, 2.24) is 0 Å². The third kappa shape index (κ3) is 3.26. The number of hydrogen-bond donors (Lipinski definition) is 2. The molecule has 2 saturated carbocycles. The van der Waals surface area contributed by atoms with Crippen molar-refractivity contribution < 1.29 is 32.6 Å². The molecule has 5 rings (SSSR count). The van der Waals surface area contributed by atoms with Gasteiger partial charge in [0.25, 0.3) is 0 Å². The van der Waals surface area contributed by atoms with Crippen molar-refractivity contribution in [3.63, 3.8) is 0 Å². The highest BCUT2D eigenvalue weighted by molar-refractivity contribution is 6.24. The largest absolute Gasteiger partial charge is 0.494 e. The van der Waals surface area contributed by atoms with Crippen LogP contribution in [0.15, 0.2) is 17.7 Å². The maximum absolute atomic E-state index is 15.6. The first-order chi connectivity index (χ1) is 15.6. The first kappa shape index (κ1) is 22.3. The predicted molar refractivity (Wildman–Crippen MR) is 115 cm³/mol. The molecule has 0 aromatic heterocycles. The summed E-state index contributed by atoms with van der Waals surface area (Å²) in [5.74, 6) is -3.83. The van der Waals surface area contributed by atoms with Gasteiger partial charge in [-0.2, -0.15) is 0 Å². The molecule has 3 N–H and O–H groups in total. The van der Waals surface area contributed by atoms with E-state index in [1.807, 2.05) is 0 Å². The van der Waals surface area contributed by atoms with Crippen molar-refractivity contribution in [3.05, 3.63) is 34.7 Å². The number of carbonyl (C=O) groups is 2. The van der Waals surface area contributed by atoms with Crippen molar-refractivity contribution in [3.8, 4) is 5.75 Å². The second-order valence-electron chi connectivity index (χ2n) is 9.88. The van der Waals surface area contributed by atoms with Crippen LogP contribution in [0.4, 0.5) is 18.9 Å². The van der Waals surface area contributed by atoms with Gasteiger partial charge in [0.2, 0.25) is 5.78 Å². The number of methoxy groups -OCH3 is 1. The second-order valence-corrected chi connectivity index (χ2v) is 9.88. The Morgan fingerprint density at radius 3 is 2.67 bits per heavy atom. The smallest absolute Gasteiger partial charge is 0.339 e. The fourth-order valence-electron chi connectivity index (χ4n) is 6.16. The van der Waals surface area contributed by atoms with E-state index in [0.29, 0.717) is 31.2 Å². The Kier molecular flexibility index (Phi) is 5.04. The number of ketones is 1. The average molecular weight is 464 g/mol. The number of carbonyl (C=O) groups excluding carboxylic acids is 1. The fraction of sp³-hybridized carbons (Fsp3) is 0.583. The van der Waals surface area contributed by atoms with Crippen LogP contribution in [0.1, 0.15) is 60.4 Å². The summed E-state index contributed by atoms with van der Waals surface area (Å²) >= 11 is 0. The summed E-state index contributed by atoms with van der Waals surface area (Å²) in [5, 5.41) is 9.51. The number of alkyl halides is 2. The Balaban J connectivity index is 1.68. The molecule has 1 saturated heterocycles. The zero-order valence-corrected chi connectivity index (χ0v) is 18.4. The number of aliphatic carboxylic acids is 1. The fourth-order valence-corrected chi connectivity index (χ4v) is 6.16. The van der Waals surface area contributed by atoms with Gasteiger partial charge in [-0.1, -0.05) is 6.08 Å². The first-order valence-electron chi connectivity index (χ1n) is 11.4. The quantitative estimate of drug-likeness (QED) is 0.661. The number of nitrogens with zero attached hydrogens (tertiary/aromatic N) is 1. The van der Waals surface area contributed by atoms with Crippen molar-refractivity contribution in [1.29, 1.82) is 0 Å². The maximum atomic E-state index is 15.6. The summed E-state index contributed by atoms with van der Waals surface area (Å²) in [4.78, 5) is 26.4. The lowest BCUT2D eigenvalue weighted by molar-refractivity contribution is -0.132. The van der Waals surface area contributed by atoms with E-state index in [4.69, 9.17) is 10.5 Å². The number of halogens is 3. The van der Waals surface area contributed by atoms with Crippen LogP contribution in [-0.2, 0) is 4.79 Å². The van der Waals surface area contributed by atoms with Crippen LogP contribution in [0.5, 0.6) is 5.75 Å². The Hall–Kier alpha value is -2.55. The maximum Gasteiger partial charge on any atom is 0.339 e. The molecule has 6 nitrogen and oxygen atoms in total. The summed E-state index contributed by atoms with van der Waals surface area (Å²) in [6.45, 7) is -0.0206. The summed E-state index contributed by atoms with van der Waals surface area (Å²) in [6, 6.07) is 1.00. The van der Waals surface area contributed by atoms with E-state index in [2.05, 4.69) is 0 Å². The lowest BCUT2D eigenvalue weighted by atomic mass is 9.80. The normalized spacial score (nSPS) is 35.4. The number of benzene rings is 1. The van der Waals surface area contributed by atoms with E-state index >= 15 is 8.78 Å². The zero-order valence-electron chi connectivity index (χ0n) is 18.4. The Morgan fingerprint density at radius 1 is 1.33 bits per heavy atom. The molecule has 33 heavy (non-hydrogen) atoms. The zero-order chi connectivity index (χ0) is 23.7. The van der Waals surface area contributed by atoms with Gasteiger partial charge in [0.1, 0.15) is 28.9 Å². The number of carboxylic acids is 1. The second kappa shape index (κ2) is 7.48. The van der Waals surface area contributed by atoms with Crippen molar-refractivity contribution >= 4 is 17.4 Å². The lowest BCUT2D eigenvalue weighted by Gasteiger charge is -2.30. The highest BCUT2D eigenvalue weighted by Crippen LogP contribution is 2.55. The topological polar surface area (TPSA) is 92.9 Å². The van der Waals surface area contributed by atoms with Crippen molar-refractivity contribution in [2.75, 3.05) is 25.1 Å². The van der Waals surface area contributed by atoms with Crippen LogP contribution in [0.2, 0.25) is 0 Å². The molecule has 1 unspecified atom stereocenters. The minimum atomic E-state index is -1.66. The van der Waals surface area contributed by atoms with E-state index in [0.717, 1.165) is 6.07 Å². The molecule has 0 bridgehead atoms. The lowest BCUT2D eigenvalue weighted by Crippen LogP contribution is -2.53. The number of Topliss-reactive ketones (excluding diaryl/α,β-unsaturated/α-hetero) is 1. The molecule has 9 heteroatoms. The Labute approximate surface area is 189 Å². The van der Waals surface area contributed by atoms with E-state index < -0.39 is 46.4 Å². The van der Waals surface area contributed by atoms with Gasteiger partial charge in [-0.05, 0) is 56.4 Å². The monoisotopic (exact) mass is 464 g/mol. The standard InChI is InChI=1S/C24H27F3N2O4/c1-33-21-18-12(14-8-16(14)25)4-2-5-13(22(31)32)20(30)15(18)9-17(26)19(21)29-10-23(27)6-3-7-24(23,28)11-29/h5,9,12,14,16H,2-4,6-8,10-11,28H2,1H3,(H,31,32)/t12?,14-,16-,23-,24+/m0/s1. The summed E-state index contributed by atoms with van der Waals surface area (Å²) in [7, 11) is 1.33. The molecule has 4 aliphatic rings. The predicted octanol–water partition coefficient (Wildman–Crippen LogP) is 3.67. The van der Waals surface area contributed by atoms with E-state index in [9.17, 15) is 19.1 Å². The molecule has 178 valence electrons.